The van der Waals surface area contributed by atoms with Gasteiger partial charge in [0.25, 0.3) is 0 Å². The third-order valence-electron chi connectivity index (χ3n) is 2.76. The molecule has 3 heterocycles. The molecule has 0 atom stereocenters. The molecule has 3 aromatic rings. The predicted octanol–water partition coefficient (Wildman–Crippen LogP) is 1.05. The van der Waals surface area contributed by atoms with Crippen LogP contribution in [0.5, 0.6) is 0 Å². The monoisotopic (exact) mass is 243 g/mol. The van der Waals surface area contributed by atoms with Crippen molar-refractivity contribution < 1.29 is 0 Å². The third-order valence-corrected chi connectivity index (χ3v) is 2.76. The Balaban J connectivity index is 2.31. The highest BCUT2D eigenvalue weighted by Gasteiger charge is 2.15. The molecule has 0 aliphatic carbocycles. The van der Waals surface area contributed by atoms with E-state index in [1.165, 1.54) is 0 Å². The summed E-state index contributed by atoms with van der Waals surface area (Å²) in [6, 6.07) is 1.86. The van der Waals surface area contributed by atoms with Gasteiger partial charge < -0.3 is 5.73 Å². The lowest BCUT2D eigenvalue weighted by atomic mass is 10.3. The van der Waals surface area contributed by atoms with Crippen molar-refractivity contribution in [3.05, 3.63) is 23.3 Å². The first-order chi connectivity index (χ1) is 8.56. The number of nitrogens with two attached hydrogens (primary N) is 1. The molecule has 0 bridgehead atoms. The van der Waals surface area contributed by atoms with Gasteiger partial charge in [0.2, 0.25) is 0 Å². The maximum Gasteiger partial charge on any atom is 0.188 e. The molecular weight excluding hydrogens is 230 g/mol. The lowest BCUT2D eigenvalue weighted by Gasteiger charge is -2.02. The quantitative estimate of drug-likeness (QED) is 0.665. The van der Waals surface area contributed by atoms with Crippen LogP contribution in [-0.4, -0.2) is 29.9 Å². The van der Waals surface area contributed by atoms with E-state index in [1.807, 2.05) is 26.8 Å². The van der Waals surface area contributed by atoms with Crippen molar-refractivity contribution in [2.45, 2.75) is 20.8 Å². The highest BCUT2D eigenvalue weighted by atomic mass is 15.4. The number of anilines is 1. The molecule has 3 aromatic heterocycles. The zero-order valence-corrected chi connectivity index (χ0v) is 10.4. The Morgan fingerprint density at radius 1 is 1.22 bits per heavy atom. The standard InChI is InChI=1S/C11H13N7/c1-5-4-8(14-7(3)13-5)18-11-9(6(2)17-18)10(12)15-16-11/h4H,1-3H3,(H3,12,15,16). The van der Waals surface area contributed by atoms with Crippen molar-refractivity contribution in [3.63, 3.8) is 0 Å². The zero-order chi connectivity index (χ0) is 12.9. The molecular formula is C11H13N7. The van der Waals surface area contributed by atoms with Crippen LogP contribution in [0.25, 0.3) is 16.9 Å². The summed E-state index contributed by atoms with van der Waals surface area (Å²) in [5.41, 5.74) is 8.22. The summed E-state index contributed by atoms with van der Waals surface area (Å²) in [4.78, 5) is 8.62. The normalized spacial score (nSPS) is 11.3. The Labute approximate surface area is 103 Å². The van der Waals surface area contributed by atoms with Crippen LogP contribution in [0.4, 0.5) is 5.82 Å². The fourth-order valence-electron chi connectivity index (χ4n) is 2.07. The summed E-state index contributed by atoms with van der Waals surface area (Å²) >= 11 is 0. The first kappa shape index (κ1) is 10.7. The van der Waals surface area contributed by atoms with Crippen LogP contribution in [0.3, 0.4) is 0 Å². The van der Waals surface area contributed by atoms with Crippen LogP contribution in [0.2, 0.25) is 0 Å². The van der Waals surface area contributed by atoms with Crippen molar-refractivity contribution >= 4 is 16.9 Å². The number of hydrogen-bond donors (Lipinski definition) is 2. The van der Waals surface area contributed by atoms with Crippen molar-refractivity contribution in [2.24, 2.45) is 0 Å². The molecule has 0 aliphatic rings. The van der Waals surface area contributed by atoms with E-state index in [9.17, 15) is 0 Å². The number of aromatic nitrogens is 6. The molecule has 0 fully saturated rings. The van der Waals surface area contributed by atoms with E-state index >= 15 is 0 Å². The maximum absolute atomic E-state index is 5.82. The summed E-state index contributed by atoms with van der Waals surface area (Å²) in [7, 11) is 0. The largest absolute Gasteiger partial charge is 0.383 e. The summed E-state index contributed by atoms with van der Waals surface area (Å²) < 4.78 is 1.68. The Morgan fingerprint density at radius 3 is 2.72 bits per heavy atom. The lowest BCUT2D eigenvalue weighted by Crippen LogP contribution is -2.04. The van der Waals surface area contributed by atoms with Crippen molar-refractivity contribution in [2.75, 3.05) is 5.73 Å². The van der Waals surface area contributed by atoms with Gasteiger partial charge in [0.15, 0.2) is 11.5 Å². The summed E-state index contributed by atoms with van der Waals surface area (Å²) in [5, 5.41) is 12.2. The highest BCUT2D eigenvalue weighted by molar-refractivity contribution is 5.89. The molecule has 0 radical (unpaired) electrons. The summed E-state index contributed by atoms with van der Waals surface area (Å²) in [6.07, 6.45) is 0. The number of nitrogens with one attached hydrogen (secondary N) is 1. The molecule has 0 saturated carbocycles. The second kappa shape index (κ2) is 3.52. The van der Waals surface area contributed by atoms with Crippen LogP contribution < -0.4 is 5.73 Å². The van der Waals surface area contributed by atoms with Gasteiger partial charge in [-0.1, -0.05) is 0 Å². The van der Waals surface area contributed by atoms with E-state index in [0.717, 1.165) is 16.8 Å². The first-order valence-corrected chi connectivity index (χ1v) is 5.58. The minimum absolute atomic E-state index is 0.524. The Kier molecular flexibility index (Phi) is 2.09. The smallest absolute Gasteiger partial charge is 0.188 e. The van der Waals surface area contributed by atoms with Crippen molar-refractivity contribution in [1.82, 2.24) is 29.9 Å². The van der Waals surface area contributed by atoms with E-state index in [4.69, 9.17) is 5.73 Å². The second-order valence-corrected chi connectivity index (χ2v) is 4.25. The van der Waals surface area contributed by atoms with E-state index in [-0.39, 0.29) is 0 Å². The van der Waals surface area contributed by atoms with Gasteiger partial charge in [0, 0.05) is 11.8 Å². The second-order valence-electron chi connectivity index (χ2n) is 4.25. The number of H-pyrrole nitrogens is 1. The van der Waals surface area contributed by atoms with Gasteiger partial charge in [-0.2, -0.15) is 14.9 Å². The Hall–Kier alpha value is -2.44. The summed E-state index contributed by atoms with van der Waals surface area (Å²) in [5.74, 6) is 1.93. The molecule has 7 heteroatoms. The molecule has 18 heavy (non-hydrogen) atoms. The average Bonchev–Trinajstić information content (AvgIpc) is 2.80. The molecule has 3 N–H and O–H groups in total. The molecule has 7 nitrogen and oxygen atoms in total. The number of hydrogen-bond acceptors (Lipinski definition) is 5. The number of nitrogens with zero attached hydrogens (tertiary/aromatic N) is 5. The van der Waals surface area contributed by atoms with Gasteiger partial charge in [-0.3, -0.25) is 5.10 Å². The maximum atomic E-state index is 5.82. The molecule has 0 aliphatic heterocycles. The van der Waals surface area contributed by atoms with E-state index < -0.39 is 0 Å². The summed E-state index contributed by atoms with van der Waals surface area (Å²) in [6.45, 7) is 5.67. The fraction of sp³-hybridized carbons (Fsp3) is 0.273. The van der Waals surface area contributed by atoms with Gasteiger partial charge in [-0.05, 0) is 20.8 Å². The lowest BCUT2D eigenvalue weighted by molar-refractivity contribution is 0.817. The molecule has 0 saturated heterocycles. The number of fused-ring (bicyclic) bond motifs is 1. The molecule has 0 unspecified atom stereocenters. The van der Waals surface area contributed by atoms with E-state index in [0.29, 0.717) is 23.1 Å². The Bertz CT molecular complexity index is 717. The minimum Gasteiger partial charge on any atom is -0.383 e. The van der Waals surface area contributed by atoms with Crippen molar-refractivity contribution in [1.29, 1.82) is 0 Å². The molecule has 0 spiro atoms. The predicted molar refractivity (Wildman–Crippen MR) is 67.4 cm³/mol. The van der Waals surface area contributed by atoms with Crippen LogP contribution in [-0.2, 0) is 0 Å². The third kappa shape index (κ3) is 1.44. The average molecular weight is 243 g/mol. The zero-order valence-electron chi connectivity index (χ0n) is 10.4. The van der Waals surface area contributed by atoms with E-state index in [2.05, 4.69) is 25.3 Å². The van der Waals surface area contributed by atoms with E-state index in [1.54, 1.807) is 4.68 Å². The van der Waals surface area contributed by atoms with Crippen LogP contribution in [0, 0.1) is 20.8 Å². The minimum atomic E-state index is 0.524. The number of aromatic amines is 1. The highest BCUT2D eigenvalue weighted by Crippen LogP contribution is 2.23. The number of nitrogen functional groups attached to an aromatic ring is 1. The molecule has 92 valence electrons. The van der Waals surface area contributed by atoms with Gasteiger partial charge in [-0.25, -0.2) is 9.97 Å². The molecule has 0 amide bonds. The number of aryl methyl sites for hydroxylation is 3. The number of rotatable bonds is 1. The topological polar surface area (TPSA) is 98.3 Å². The van der Waals surface area contributed by atoms with Gasteiger partial charge in [-0.15, -0.1) is 0 Å². The van der Waals surface area contributed by atoms with Crippen LogP contribution in [0.15, 0.2) is 6.07 Å². The fourth-order valence-corrected chi connectivity index (χ4v) is 2.07. The van der Waals surface area contributed by atoms with Crippen LogP contribution >= 0.6 is 0 Å². The van der Waals surface area contributed by atoms with Gasteiger partial charge in [0.05, 0.1) is 11.1 Å². The van der Waals surface area contributed by atoms with Gasteiger partial charge >= 0.3 is 0 Å². The first-order valence-electron chi connectivity index (χ1n) is 5.58. The Morgan fingerprint density at radius 2 is 2.00 bits per heavy atom. The van der Waals surface area contributed by atoms with Crippen LogP contribution in [0.1, 0.15) is 17.2 Å². The molecule has 0 aromatic carbocycles. The van der Waals surface area contributed by atoms with Crippen molar-refractivity contribution in [3.8, 4) is 5.82 Å². The molecule has 3 rings (SSSR count). The van der Waals surface area contributed by atoms with Gasteiger partial charge in [0.1, 0.15) is 11.6 Å². The SMILES string of the molecule is Cc1cc(-n2nc(C)c3c(N)[nH]nc32)nc(C)n1.